The topological polar surface area (TPSA) is 73.5 Å². The lowest BCUT2D eigenvalue weighted by Gasteiger charge is -2.35. The van der Waals surface area contributed by atoms with E-state index in [1.54, 1.807) is 23.1 Å². The minimum Gasteiger partial charge on any atom is -0.358 e. The molecule has 1 aliphatic carbocycles. The fraction of sp³-hybridized carbons (Fsp3) is 0.550. The first kappa shape index (κ1) is 19.6. The van der Waals surface area contributed by atoms with Gasteiger partial charge in [0.05, 0.1) is 0 Å². The van der Waals surface area contributed by atoms with Gasteiger partial charge in [0.2, 0.25) is 5.91 Å². The Morgan fingerprint density at radius 1 is 1.19 bits per heavy atom. The number of hydrazine groups is 1. The zero-order valence-corrected chi connectivity index (χ0v) is 16.8. The predicted molar refractivity (Wildman–Crippen MR) is 110 cm³/mol. The van der Waals surface area contributed by atoms with Crippen LogP contribution in [0.1, 0.15) is 56.3 Å². The van der Waals surface area contributed by atoms with Gasteiger partial charge in [0.1, 0.15) is 0 Å². The normalized spacial score (nSPS) is 25.2. The average molecular weight is 389 g/mol. The maximum absolute atomic E-state index is 12.4. The van der Waals surface area contributed by atoms with Gasteiger partial charge in [-0.05, 0) is 55.1 Å². The molecule has 3 rings (SSSR count). The summed E-state index contributed by atoms with van der Waals surface area (Å²) >= 11 is 5.33. The van der Waals surface area contributed by atoms with Crippen LogP contribution in [0, 0.1) is 11.8 Å². The molecule has 3 atom stereocenters. The number of nitrogens with one attached hydrogen (secondary N) is 3. The molecular formula is C20H28N4O2S. The molecule has 146 valence electrons. The minimum atomic E-state index is -0.280. The van der Waals surface area contributed by atoms with E-state index in [2.05, 4.69) is 30.0 Å². The highest BCUT2D eigenvalue weighted by atomic mass is 32.1. The van der Waals surface area contributed by atoms with Crippen LogP contribution in [0.4, 0.5) is 5.69 Å². The molecule has 0 aromatic heterocycles. The molecule has 0 unspecified atom stereocenters. The molecule has 1 heterocycles. The Morgan fingerprint density at radius 3 is 2.74 bits per heavy atom. The minimum absolute atomic E-state index is 0.104. The molecule has 1 saturated heterocycles. The Morgan fingerprint density at radius 2 is 2.00 bits per heavy atom. The third-order valence-corrected chi connectivity index (χ3v) is 6.03. The van der Waals surface area contributed by atoms with E-state index in [4.69, 9.17) is 12.2 Å². The van der Waals surface area contributed by atoms with Crippen LogP contribution in [0.25, 0.3) is 0 Å². The Kier molecular flexibility index (Phi) is 6.31. The SMILES string of the molecule is C[C@@H]1[C@@H](C)CCC[C@H]1NC(=S)NNC(=O)c1cccc(N2CCCC2=O)c1. The van der Waals surface area contributed by atoms with Crippen molar-refractivity contribution >= 4 is 34.8 Å². The van der Waals surface area contributed by atoms with Crippen LogP contribution in [0.2, 0.25) is 0 Å². The van der Waals surface area contributed by atoms with Crippen molar-refractivity contribution in [1.29, 1.82) is 0 Å². The predicted octanol–water partition coefficient (Wildman–Crippen LogP) is 2.75. The van der Waals surface area contributed by atoms with Crippen LogP contribution in [-0.4, -0.2) is 29.5 Å². The maximum atomic E-state index is 12.4. The van der Waals surface area contributed by atoms with Crippen molar-refractivity contribution in [2.45, 2.75) is 52.0 Å². The highest BCUT2D eigenvalue weighted by molar-refractivity contribution is 7.80. The van der Waals surface area contributed by atoms with Gasteiger partial charge in [0, 0.05) is 30.3 Å². The van der Waals surface area contributed by atoms with Gasteiger partial charge in [-0.2, -0.15) is 0 Å². The van der Waals surface area contributed by atoms with Crippen molar-refractivity contribution in [3.63, 3.8) is 0 Å². The molecule has 1 aromatic carbocycles. The lowest BCUT2D eigenvalue weighted by atomic mass is 9.78. The first-order valence-electron chi connectivity index (χ1n) is 9.73. The van der Waals surface area contributed by atoms with Gasteiger partial charge in [-0.1, -0.05) is 32.8 Å². The van der Waals surface area contributed by atoms with Gasteiger partial charge in [0.15, 0.2) is 5.11 Å². The lowest BCUT2D eigenvalue weighted by molar-refractivity contribution is -0.117. The molecule has 2 amide bonds. The van der Waals surface area contributed by atoms with Crippen LogP contribution in [0.15, 0.2) is 24.3 Å². The number of hydrogen-bond acceptors (Lipinski definition) is 3. The summed E-state index contributed by atoms with van der Waals surface area (Å²) in [4.78, 5) is 26.1. The molecule has 0 bridgehead atoms. The fourth-order valence-electron chi connectivity index (χ4n) is 3.91. The second-order valence-corrected chi connectivity index (χ2v) is 8.03. The van der Waals surface area contributed by atoms with E-state index in [9.17, 15) is 9.59 Å². The van der Waals surface area contributed by atoms with Gasteiger partial charge in [-0.25, -0.2) is 0 Å². The summed E-state index contributed by atoms with van der Waals surface area (Å²) in [5.41, 5.74) is 6.70. The van der Waals surface area contributed by atoms with E-state index >= 15 is 0 Å². The highest BCUT2D eigenvalue weighted by Crippen LogP contribution is 2.29. The molecule has 2 fully saturated rings. The summed E-state index contributed by atoms with van der Waals surface area (Å²) in [6.07, 6.45) is 4.96. The standard InChI is InChI=1S/C20H28N4O2S/c1-13-6-3-9-17(14(13)2)21-20(27)23-22-19(26)15-7-4-8-16(12-15)24-11-5-10-18(24)25/h4,7-8,12-14,17H,3,5-6,9-11H2,1-2H3,(H,22,26)(H2,21,23,27)/t13-,14+,17+/m0/s1. The number of hydrogen-bond donors (Lipinski definition) is 3. The molecule has 1 saturated carbocycles. The number of carbonyl (C=O) groups excluding carboxylic acids is 2. The Bertz CT molecular complexity index is 724. The first-order valence-corrected chi connectivity index (χ1v) is 10.1. The lowest BCUT2D eigenvalue weighted by Crippen LogP contribution is -2.52. The quantitative estimate of drug-likeness (QED) is 0.548. The van der Waals surface area contributed by atoms with Gasteiger partial charge >= 0.3 is 0 Å². The van der Waals surface area contributed by atoms with Crippen LogP contribution >= 0.6 is 12.2 Å². The van der Waals surface area contributed by atoms with Crippen molar-refractivity contribution in [2.24, 2.45) is 11.8 Å². The number of anilines is 1. The molecule has 1 aliphatic heterocycles. The first-order chi connectivity index (χ1) is 13.0. The highest BCUT2D eigenvalue weighted by Gasteiger charge is 2.27. The summed E-state index contributed by atoms with van der Waals surface area (Å²) in [5.74, 6) is 1.04. The Hall–Kier alpha value is -2.15. The van der Waals surface area contributed by atoms with Crippen LogP contribution in [0.5, 0.6) is 0 Å². The smallest absolute Gasteiger partial charge is 0.269 e. The Balaban J connectivity index is 1.53. The summed E-state index contributed by atoms with van der Waals surface area (Å²) < 4.78 is 0. The van der Waals surface area contributed by atoms with Crippen molar-refractivity contribution in [1.82, 2.24) is 16.2 Å². The molecule has 27 heavy (non-hydrogen) atoms. The molecule has 3 N–H and O–H groups in total. The van der Waals surface area contributed by atoms with Crippen LogP contribution in [0.3, 0.4) is 0 Å². The zero-order chi connectivity index (χ0) is 19.4. The van der Waals surface area contributed by atoms with E-state index in [0.717, 1.165) is 18.5 Å². The number of rotatable bonds is 3. The molecule has 7 heteroatoms. The van der Waals surface area contributed by atoms with E-state index in [0.29, 0.717) is 41.5 Å². The van der Waals surface area contributed by atoms with E-state index in [1.165, 1.54) is 12.8 Å². The number of nitrogens with zero attached hydrogens (tertiary/aromatic N) is 1. The van der Waals surface area contributed by atoms with E-state index < -0.39 is 0 Å². The maximum Gasteiger partial charge on any atom is 0.269 e. The van der Waals surface area contributed by atoms with Crippen molar-refractivity contribution in [3.8, 4) is 0 Å². The summed E-state index contributed by atoms with van der Waals surface area (Å²) in [5, 5.41) is 3.75. The fourth-order valence-corrected chi connectivity index (χ4v) is 4.11. The molecule has 0 radical (unpaired) electrons. The van der Waals surface area contributed by atoms with E-state index in [-0.39, 0.29) is 11.8 Å². The molecular weight excluding hydrogens is 360 g/mol. The van der Waals surface area contributed by atoms with Crippen molar-refractivity contribution in [3.05, 3.63) is 29.8 Å². The average Bonchev–Trinajstić information content (AvgIpc) is 3.09. The summed E-state index contributed by atoms with van der Waals surface area (Å²) in [6, 6.07) is 7.43. The van der Waals surface area contributed by atoms with Crippen molar-refractivity contribution in [2.75, 3.05) is 11.4 Å². The number of thiocarbonyl (C=S) groups is 1. The molecule has 6 nitrogen and oxygen atoms in total. The monoisotopic (exact) mass is 388 g/mol. The van der Waals surface area contributed by atoms with E-state index in [1.807, 2.05) is 6.07 Å². The summed E-state index contributed by atoms with van der Waals surface area (Å²) in [7, 11) is 0. The second kappa shape index (κ2) is 8.69. The largest absolute Gasteiger partial charge is 0.358 e. The van der Waals surface area contributed by atoms with Gasteiger partial charge in [-0.15, -0.1) is 0 Å². The van der Waals surface area contributed by atoms with Crippen molar-refractivity contribution < 1.29 is 9.59 Å². The number of carbonyl (C=O) groups is 2. The molecule has 2 aliphatic rings. The van der Waals surface area contributed by atoms with Gasteiger partial charge in [0.25, 0.3) is 5.91 Å². The number of amides is 2. The summed E-state index contributed by atoms with van der Waals surface area (Å²) in [6.45, 7) is 5.22. The van der Waals surface area contributed by atoms with Gasteiger partial charge in [-0.3, -0.25) is 20.4 Å². The van der Waals surface area contributed by atoms with Gasteiger partial charge < -0.3 is 10.2 Å². The number of benzene rings is 1. The third kappa shape index (κ3) is 4.77. The third-order valence-electron chi connectivity index (χ3n) is 5.81. The zero-order valence-electron chi connectivity index (χ0n) is 16.0. The molecule has 0 spiro atoms. The van der Waals surface area contributed by atoms with Crippen LogP contribution < -0.4 is 21.1 Å². The molecule has 1 aromatic rings. The van der Waals surface area contributed by atoms with Crippen LogP contribution in [-0.2, 0) is 4.79 Å². The Labute approximate surface area is 166 Å². The second-order valence-electron chi connectivity index (χ2n) is 7.63.